The van der Waals surface area contributed by atoms with E-state index >= 15 is 0 Å². The van der Waals surface area contributed by atoms with E-state index in [1.165, 1.54) is 0 Å². The minimum absolute atomic E-state index is 0.0294. The van der Waals surface area contributed by atoms with Gasteiger partial charge >= 0.3 is 5.97 Å². The number of esters is 1. The van der Waals surface area contributed by atoms with Gasteiger partial charge in [-0.3, -0.25) is 16.5 Å². The molecule has 0 aromatic heterocycles. The molecule has 0 bridgehead atoms. The second kappa shape index (κ2) is 11.3. The Balaban J connectivity index is 0. The topological polar surface area (TPSA) is 169 Å². The molecule has 0 rings (SSSR count). The minimum atomic E-state index is -1.08. The summed E-state index contributed by atoms with van der Waals surface area (Å²) in [5, 5.41) is 25.9. The molecule has 17 heavy (non-hydrogen) atoms. The molecule has 0 atom stereocenters. The molecule has 0 aliphatic rings. The number of hydrogen-bond donors (Lipinski definition) is 5. The van der Waals surface area contributed by atoms with Gasteiger partial charge in [0, 0.05) is 19.8 Å². The zero-order chi connectivity index (χ0) is 13.7. The van der Waals surface area contributed by atoms with Gasteiger partial charge in [-0.2, -0.15) is 5.26 Å². The highest BCUT2D eigenvalue weighted by Gasteiger charge is 2.37. The van der Waals surface area contributed by atoms with Crippen LogP contribution in [0.5, 0.6) is 0 Å². The van der Waals surface area contributed by atoms with Gasteiger partial charge in [0.15, 0.2) is 6.61 Å². The number of hydrazine groups is 1. The van der Waals surface area contributed by atoms with Crippen LogP contribution in [0.25, 0.3) is 0 Å². The fourth-order valence-electron chi connectivity index (χ4n) is 1.30. The molecule has 0 amide bonds. The van der Waals surface area contributed by atoms with Crippen LogP contribution in [0.1, 0.15) is 12.8 Å². The molecule has 0 fully saturated rings. The molecule has 0 aromatic rings. The van der Waals surface area contributed by atoms with Crippen molar-refractivity contribution in [3.05, 3.63) is 0 Å². The lowest BCUT2D eigenvalue weighted by Gasteiger charge is -2.28. The number of carbonyl (C=O) groups is 1. The molecule has 8 N–H and O–H groups in total. The summed E-state index contributed by atoms with van der Waals surface area (Å²) in [6.07, 6.45) is 0.239. The van der Waals surface area contributed by atoms with Crippen molar-refractivity contribution in [1.29, 1.82) is 5.26 Å². The number of nitriles is 1. The summed E-state index contributed by atoms with van der Waals surface area (Å²) < 4.78 is 4.65. The quantitative estimate of drug-likeness (QED) is 0.188. The lowest BCUT2D eigenvalue weighted by molar-refractivity contribution is -0.156. The summed E-state index contributed by atoms with van der Waals surface area (Å²) in [6, 6.07) is 1.67. The molecular formula is C9H20N4O4. The first-order chi connectivity index (χ1) is 8.16. The van der Waals surface area contributed by atoms with Crippen molar-refractivity contribution >= 4 is 5.97 Å². The van der Waals surface area contributed by atoms with E-state index in [0.717, 1.165) is 0 Å². The molecule has 0 saturated carbocycles. The summed E-state index contributed by atoms with van der Waals surface area (Å²) in [5.74, 6) is 7.36. The summed E-state index contributed by atoms with van der Waals surface area (Å²) in [4.78, 5) is 11.6. The number of aliphatic hydroxyl groups is 2. The Labute approximate surface area is 99.9 Å². The molecule has 0 spiro atoms. The average molecular weight is 248 g/mol. The third-order valence-electron chi connectivity index (χ3n) is 2.27. The number of ether oxygens (including phenoxy) is 1. The maximum atomic E-state index is 11.6. The standard InChI is InChI=1S/C9H16N2O4.H4N2/c10-3-6-15-8(14)9(7-11,1-4-12)2-5-13;1-2/h12-13H,1-2,4-7,11H2;1-2H2. The van der Waals surface area contributed by atoms with E-state index in [0.29, 0.717) is 0 Å². The van der Waals surface area contributed by atoms with Crippen LogP contribution in [0.15, 0.2) is 0 Å². The Bertz CT molecular complexity index is 236. The predicted octanol–water partition coefficient (Wildman–Crippen LogP) is -2.42. The Morgan fingerprint density at radius 2 is 1.76 bits per heavy atom. The van der Waals surface area contributed by atoms with E-state index in [-0.39, 0.29) is 39.2 Å². The summed E-state index contributed by atoms with van der Waals surface area (Å²) >= 11 is 0. The molecule has 0 aromatic carbocycles. The van der Waals surface area contributed by atoms with Gasteiger partial charge in [0.1, 0.15) is 6.07 Å². The van der Waals surface area contributed by atoms with Crippen LogP contribution < -0.4 is 17.4 Å². The van der Waals surface area contributed by atoms with Gasteiger partial charge in [0.2, 0.25) is 0 Å². The van der Waals surface area contributed by atoms with Crippen LogP contribution in [0.3, 0.4) is 0 Å². The summed E-state index contributed by atoms with van der Waals surface area (Å²) in [6.45, 7) is -0.826. The number of nitrogens with two attached hydrogens (primary N) is 3. The molecular weight excluding hydrogens is 228 g/mol. The first-order valence-electron chi connectivity index (χ1n) is 4.96. The van der Waals surface area contributed by atoms with E-state index in [9.17, 15) is 4.79 Å². The molecule has 0 heterocycles. The number of carbonyl (C=O) groups excluding carboxylic acids is 1. The minimum Gasteiger partial charge on any atom is -0.450 e. The van der Waals surface area contributed by atoms with Gasteiger partial charge in [0.25, 0.3) is 0 Å². The van der Waals surface area contributed by atoms with Crippen molar-refractivity contribution in [2.45, 2.75) is 12.8 Å². The number of aliphatic hydroxyl groups excluding tert-OH is 2. The number of rotatable bonds is 7. The third-order valence-corrected chi connectivity index (χ3v) is 2.27. The molecule has 0 aliphatic heterocycles. The zero-order valence-corrected chi connectivity index (χ0v) is 9.63. The van der Waals surface area contributed by atoms with E-state index in [4.69, 9.17) is 21.2 Å². The lowest BCUT2D eigenvalue weighted by atomic mass is 9.81. The molecule has 8 nitrogen and oxygen atoms in total. The highest BCUT2D eigenvalue weighted by molar-refractivity contribution is 5.77. The van der Waals surface area contributed by atoms with Crippen molar-refractivity contribution < 1.29 is 19.7 Å². The molecule has 0 saturated heterocycles. The highest BCUT2D eigenvalue weighted by Crippen LogP contribution is 2.26. The molecule has 0 aliphatic carbocycles. The van der Waals surface area contributed by atoms with Crippen molar-refractivity contribution in [2.75, 3.05) is 26.4 Å². The van der Waals surface area contributed by atoms with Gasteiger partial charge in [-0.1, -0.05) is 0 Å². The zero-order valence-electron chi connectivity index (χ0n) is 9.63. The van der Waals surface area contributed by atoms with Gasteiger partial charge < -0.3 is 20.7 Å². The van der Waals surface area contributed by atoms with Crippen LogP contribution >= 0.6 is 0 Å². The Hall–Kier alpha value is -1.24. The average Bonchev–Trinajstić information content (AvgIpc) is 2.37. The van der Waals surface area contributed by atoms with Crippen molar-refractivity contribution in [1.82, 2.24) is 0 Å². The van der Waals surface area contributed by atoms with Crippen LogP contribution in [0.2, 0.25) is 0 Å². The molecule has 0 unspecified atom stereocenters. The van der Waals surface area contributed by atoms with Crippen LogP contribution in [-0.2, 0) is 9.53 Å². The smallest absolute Gasteiger partial charge is 0.314 e. The van der Waals surface area contributed by atoms with E-state index < -0.39 is 11.4 Å². The Morgan fingerprint density at radius 3 is 2.06 bits per heavy atom. The molecule has 100 valence electrons. The fraction of sp³-hybridized carbons (Fsp3) is 0.778. The maximum Gasteiger partial charge on any atom is 0.314 e. The normalized spacial score (nSPS) is 9.88. The van der Waals surface area contributed by atoms with E-state index in [2.05, 4.69) is 16.4 Å². The number of nitrogens with zero attached hydrogens (tertiary/aromatic N) is 1. The predicted molar refractivity (Wildman–Crippen MR) is 59.8 cm³/mol. The van der Waals surface area contributed by atoms with Gasteiger partial charge in [-0.05, 0) is 12.8 Å². The Kier molecular flexibility index (Phi) is 12.0. The SMILES string of the molecule is N#CCOC(=O)C(CN)(CCO)CCO.NN. The molecule has 8 heteroatoms. The van der Waals surface area contributed by atoms with Gasteiger partial charge in [-0.25, -0.2) is 0 Å². The maximum absolute atomic E-state index is 11.6. The van der Waals surface area contributed by atoms with Gasteiger partial charge in [-0.15, -0.1) is 0 Å². The third kappa shape index (κ3) is 6.15. The first kappa shape index (κ1) is 18.1. The monoisotopic (exact) mass is 248 g/mol. The fourth-order valence-corrected chi connectivity index (χ4v) is 1.30. The van der Waals surface area contributed by atoms with Gasteiger partial charge in [0.05, 0.1) is 5.41 Å². The van der Waals surface area contributed by atoms with Crippen molar-refractivity contribution in [2.24, 2.45) is 22.8 Å². The number of hydrogen-bond acceptors (Lipinski definition) is 8. The van der Waals surface area contributed by atoms with E-state index in [1.807, 2.05) is 0 Å². The van der Waals surface area contributed by atoms with Crippen LogP contribution in [-0.4, -0.2) is 42.5 Å². The second-order valence-corrected chi connectivity index (χ2v) is 3.17. The lowest BCUT2D eigenvalue weighted by Crippen LogP contribution is -2.41. The highest BCUT2D eigenvalue weighted by atomic mass is 16.5. The largest absolute Gasteiger partial charge is 0.450 e. The summed E-state index contributed by atoms with van der Waals surface area (Å²) in [7, 11) is 0. The van der Waals surface area contributed by atoms with E-state index in [1.54, 1.807) is 6.07 Å². The van der Waals surface area contributed by atoms with Crippen LogP contribution in [0.4, 0.5) is 0 Å². The molecule has 0 radical (unpaired) electrons. The summed E-state index contributed by atoms with van der Waals surface area (Å²) in [5.41, 5.74) is 4.36. The first-order valence-corrected chi connectivity index (χ1v) is 4.96. The second-order valence-electron chi connectivity index (χ2n) is 3.17. The van der Waals surface area contributed by atoms with Crippen LogP contribution in [0, 0.1) is 16.7 Å². The van der Waals surface area contributed by atoms with Crippen molar-refractivity contribution in [3.8, 4) is 6.07 Å². The van der Waals surface area contributed by atoms with Crippen molar-refractivity contribution in [3.63, 3.8) is 0 Å². The Morgan fingerprint density at radius 1 is 1.29 bits per heavy atom.